The van der Waals surface area contributed by atoms with Crippen molar-refractivity contribution in [3.63, 3.8) is 0 Å². The third-order valence-electron chi connectivity index (χ3n) is 4.01. The Bertz CT molecular complexity index is 983. The Morgan fingerprint density at radius 2 is 1.93 bits per heavy atom. The van der Waals surface area contributed by atoms with Crippen LogP contribution in [0, 0.1) is 0 Å². The van der Waals surface area contributed by atoms with Crippen LogP contribution < -0.4 is 9.47 Å². The maximum Gasteiger partial charge on any atom is 0.259 e. The lowest BCUT2D eigenvalue weighted by molar-refractivity contribution is -0.130. The number of aromatic nitrogens is 3. The van der Waals surface area contributed by atoms with Crippen LogP contribution in [0.2, 0.25) is 0 Å². The minimum absolute atomic E-state index is 0.0539. The minimum atomic E-state index is -0.126. The van der Waals surface area contributed by atoms with E-state index in [2.05, 4.69) is 15.3 Å². The van der Waals surface area contributed by atoms with Gasteiger partial charge in [0, 0.05) is 19.7 Å². The Labute approximate surface area is 169 Å². The zero-order chi connectivity index (χ0) is 20.6. The molecule has 150 valence electrons. The van der Waals surface area contributed by atoms with E-state index >= 15 is 0 Å². The molecule has 3 rings (SSSR count). The average Bonchev–Trinajstić information content (AvgIpc) is 3.20. The number of nitrogens with zero attached hydrogens (tertiary/aromatic N) is 5. The van der Waals surface area contributed by atoms with Crippen molar-refractivity contribution in [2.24, 2.45) is 5.10 Å². The van der Waals surface area contributed by atoms with Crippen molar-refractivity contribution in [3.8, 4) is 22.9 Å². The van der Waals surface area contributed by atoms with Gasteiger partial charge in [-0.15, -0.1) is 10.2 Å². The molecule has 0 saturated heterocycles. The standard InChI is InChI=1S/C21H23N5O3/c1-4-28-19-12-16(10-11-18(19)29-14-20(27)25(2)3)13-23-26-15-22-24-21(26)17-8-6-5-7-9-17/h5-13,15H,4,14H2,1-3H3/b23-13-. The van der Waals surface area contributed by atoms with Gasteiger partial charge in [0.15, 0.2) is 23.9 Å². The molecule has 3 aromatic rings. The number of likely N-dealkylation sites (N-methyl/N-ethyl adjacent to an activating group) is 1. The van der Waals surface area contributed by atoms with E-state index in [9.17, 15) is 4.79 Å². The molecule has 0 aliphatic rings. The average molecular weight is 393 g/mol. The number of hydrogen-bond donors (Lipinski definition) is 0. The fourth-order valence-corrected chi connectivity index (χ4v) is 2.48. The van der Waals surface area contributed by atoms with Crippen LogP contribution in [0.3, 0.4) is 0 Å². The first kappa shape index (κ1) is 20.1. The molecule has 0 aliphatic heterocycles. The molecule has 8 heteroatoms. The summed E-state index contributed by atoms with van der Waals surface area (Å²) < 4.78 is 12.9. The fourth-order valence-electron chi connectivity index (χ4n) is 2.48. The Balaban J connectivity index is 1.79. The minimum Gasteiger partial charge on any atom is -0.490 e. The van der Waals surface area contributed by atoms with Crippen LogP contribution in [0.4, 0.5) is 0 Å². The zero-order valence-corrected chi connectivity index (χ0v) is 16.6. The number of carbonyl (C=O) groups excluding carboxylic acids is 1. The van der Waals surface area contributed by atoms with E-state index in [1.165, 1.54) is 4.90 Å². The first-order valence-electron chi connectivity index (χ1n) is 9.18. The molecule has 0 N–H and O–H groups in total. The summed E-state index contributed by atoms with van der Waals surface area (Å²) in [6.45, 7) is 2.31. The lowest BCUT2D eigenvalue weighted by Gasteiger charge is -2.14. The molecule has 0 unspecified atom stereocenters. The summed E-state index contributed by atoms with van der Waals surface area (Å²) in [4.78, 5) is 13.2. The Kier molecular flexibility index (Phi) is 6.57. The lowest BCUT2D eigenvalue weighted by atomic mass is 10.2. The number of ether oxygens (including phenoxy) is 2. The SMILES string of the molecule is CCOc1cc(/C=N\n2cnnc2-c2ccccc2)ccc1OCC(=O)N(C)C. The van der Waals surface area contributed by atoms with Crippen molar-refractivity contribution in [1.82, 2.24) is 19.8 Å². The normalized spacial score (nSPS) is 10.9. The summed E-state index contributed by atoms with van der Waals surface area (Å²) >= 11 is 0. The molecule has 0 radical (unpaired) electrons. The van der Waals surface area contributed by atoms with Gasteiger partial charge < -0.3 is 14.4 Å². The third-order valence-corrected chi connectivity index (χ3v) is 4.01. The van der Waals surface area contributed by atoms with Gasteiger partial charge in [-0.1, -0.05) is 30.3 Å². The largest absolute Gasteiger partial charge is 0.490 e. The van der Waals surface area contributed by atoms with E-state index < -0.39 is 0 Å². The number of amides is 1. The van der Waals surface area contributed by atoms with Gasteiger partial charge in [0.2, 0.25) is 0 Å². The summed E-state index contributed by atoms with van der Waals surface area (Å²) in [6, 6.07) is 15.1. The molecule has 0 atom stereocenters. The van der Waals surface area contributed by atoms with E-state index in [0.29, 0.717) is 23.9 Å². The molecule has 1 amide bonds. The molecule has 8 nitrogen and oxygen atoms in total. The van der Waals surface area contributed by atoms with Gasteiger partial charge in [-0.05, 0) is 30.7 Å². The van der Waals surface area contributed by atoms with Crippen LogP contribution in [0.25, 0.3) is 11.4 Å². The summed E-state index contributed by atoms with van der Waals surface area (Å²) in [6.07, 6.45) is 3.24. The molecular formula is C21H23N5O3. The van der Waals surface area contributed by atoms with E-state index in [0.717, 1.165) is 11.1 Å². The third kappa shape index (κ3) is 5.19. The predicted octanol–water partition coefficient (Wildman–Crippen LogP) is 2.69. The summed E-state index contributed by atoms with van der Waals surface area (Å²) in [5.74, 6) is 1.58. The first-order chi connectivity index (χ1) is 14.1. The molecule has 0 bridgehead atoms. The second-order valence-electron chi connectivity index (χ2n) is 6.33. The van der Waals surface area contributed by atoms with Gasteiger partial charge >= 0.3 is 0 Å². The Morgan fingerprint density at radius 3 is 2.66 bits per heavy atom. The highest BCUT2D eigenvalue weighted by Gasteiger charge is 2.10. The second kappa shape index (κ2) is 9.50. The highest BCUT2D eigenvalue weighted by molar-refractivity contribution is 5.81. The molecule has 0 fully saturated rings. The van der Waals surface area contributed by atoms with Crippen LogP contribution in [0.1, 0.15) is 12.5 Å². The van der Waals surface area contributed by atoms with Crippen LogP contribution >= 0.6 is 0 Å². The summed E-state index contributed by atoms with van der Waals surface area (Å²) in [5.41, 5.74) is 1.74. The van der Waals surface area contributed by atoms with E-state index in [-0.39, 0.29) is 12.5 Å². The molecule has 0 saturated carbocycles. The van der Waals surface area contributed by atoms with Gasteiger partial charge in [-0.25, -0.2) is 0 Å². The van der Waals surface area contributed by atoms with Crippen molar-refractivity contribution in [3.05, 3.63) is 60.4 Å². The van der Waals surface area contributed by atoms with Gasteiger partial charge in [0.05, 0.1) is 12.8 Å². The molecule has 1 aromatic heterocycles. The quantitative estimate of drug-likeness (QED) is 0.550. The number of hydrogen-bond acceptors (Lipinski definition) is 6. The van der Waals surface area contributed by atoms with Gasteiger partial charge in [-0.2, -0.15) is 9.78 Å². The van der Waals surface area contributed by atoms with Gasteiger partial charge in [0.1, 0.15) is 6.33 Å². The molecule has 29 heavy (non-hydrogen) atoms. The van der Waals surface area contributed by atoms with Gasteiger partial charge in [-0.3, -0.25) is 4.79 Å². The fraction of sp³-hybridized carbons (Fsp3) is 0.238. The molecule has 0 spiro atoms. The number of benzene rings is 2. The monoisotopic (exact) mass is 393 g/mol. The van der Waals surface area contributed by atoms with Crippen LogP contribution in [0.5, 0.6) is 11.5 Å². The van der Waals surface area contributed by atoms with E-state index in [1.807, 2.05) is 49.4 Å². The molecule has 1 heterocycles. The van der Waals surface area contributed by atoms with Crippen LogP contribution in [0.15, 0.2) is 60.0 Å². The van der Waals surface area contributed by atoms with Crippen LogP contribution in [-0.4, -0.2) is 59.2 Å². The second-order valence-corrected chi connectivity index (χ2v) is 6.33. The van der Waals surface area contributed by atoms with Crippen molar-refractivity contribution < 1.29 is 14.3 Å². The molecular weight excluding hydrogens is 370 g/mol. The van der Waals surface area contributed by atoms with Crippen LogP contribution in [-0.2, 0) is 4.79 Å². The Morgan fingerprint density at radius 1 is 1.14 bits per heavy atom. The Hall–Kier alpha value is -3.68. The predicted molar refractivity (Wildman–Crippen MR) is 110 cm³/mol. The molecule has 0 aliphatic carbocycles. The molecule has 2 aromatic carbocycles. The maximum atomic E-state index is 11.8. The maximum absolute atomic E-state index is 11.8. The lowest BCUT2D eigenvalue weighted by Crippen LogP contribution is -2.27. The van der Waals surface area contributed by atoms with E-state index in [1.54, 1.807) is 37.4 Å². The summed E-state index contributed by atoms with van der Waals surface area (Å²) in [5, 5.41) is 12.5. The number of rotatable bonds is 8. The van der Waals surface area contributed by atoms with Crippen molar-refractivity contribution in [2.75, 3.05) is 27.3 Å². The number of carbonyl (C=O) groups is 1. The first-order valence-corrected chi connectivity index (χ1v) is 9.18. The smallest absolute Gasteiger partial charge is 0.259 e. The zero-order valence-electron chi connectivity index (χ0n) is 16.6. The van der Waals surface area contributed by atoms with Crippen molar-refractivity contribution >= 4 is 12.1 Å². The van der Waals surface area contributed by atoms with Gasteiger partial charge in [0.25, 0.3) is 5.91 Å². The van der Waals surface area contributed by atoms with E-state index in [4.69, 9.17) is 9.47 Å². The van der Waals surface area contributed by atoms with Crippen molar-refractivity contribution in [1.29, 1.82) is 0 Å². The summed E-state index contributed by atoms with van der Waals surface area (Å²) in [7, 11) is 3.37. The highest BCUT2D eigenvalue weighted by atomic mass is 16.5. The highest BCUT2D eigenvalue weighted by Crippen LogP contribution is 2.28. The topological polar surface area (TPSA) is 81.8 Å². The van der Waals surface area contributed by atoms with Crippen molar-refractivity contribution in [2.45, 2.75) is 6.92 Å².